The second kappa shape index (κ2) is 13.0. The van der Waals surface area contributed by atoms with Gasteiger partial charge in [-0.25, -0.2) is 14.5 Å². The summed E-state index contributed by atoms with van der Waals surface area (Å²) in [5, 5.41) is 9.94. The van der Waals surface area contributed by atoms with Crippen molar-refractivity contribution in [2.45, 2.75) is 65.4 Å². The monoisotopic (exact) mass is 520 g/mol. The van der Waals surface area contributed by atoms with Gasteiger partial charge in [-0.3, -0.25) is 0 Å². The Bertz CT molecular complexity index is 1130. The van der Waals surface area contributed by atoms with Crippen LogP contribution < -0.4 is 9.46 Å². The molecule has 0 aliphatic carbocycles. The summed E-state index contributed by atoms with van der Waals surface area (Å²) in [6.45, 7) is 7.39. The Morgan fingerprint density at radius 1 is 1.28 bits per heavy atom. The first-order valence-corrected chi connectivity index (χ1v) is 13.9. The third kappa shape index (κ3) is 7.91. The maximum atomic E-state index is 12.9. The quantitative estimate of drug-likeness (QED) is 0.431. The van der Waals surface area contributed by atoms with E-state index in [-0.39, 0.29) is 11.4 Å². The molecule has 1 aromatic heterocycles. The standard InChI is InChI=1S/C26H36N2O7S/c1-4-19-15-21(9-10-22(29)5-2)25(27-16-19)28-36(31,32)35-26(30)23-8-6-7-18(3)24(23)34-17-20-11-13-33-14-12-20/h6-8,15-16,20,22,29H,4-5,9-14,17H2,1-3H3,(H,27,28). The van der Waals surface area contributed by atoms with E-state index in [1.165, 1.54) is 6.07 Å². The van der Waals surface area contributed by atoms with E-state index < -0.39 is 22.4 Å². The number of nitrogens with one attached hydrogen (secondary N) is 1. The summed E-state index contributed by atoms with van der Waals surface area (Å²) in [5.74, 6) is -0.358. The molecule has 0 amide bonds. The summed E-state index contributed by atoms with van der Waals surface area (Å²) in [7, 11) is -4.53. The van der Waals surface area contributed by atoms with Crippen molar-refractivity contribution in [2.24, 2.45) is 5.92 Å². The molecule has 0 saturated carbocycles. The topological polar surface area (TPSA) is 124 Å². The maximum Gasteiger partial charge on any atom is 0.411 e. The summed E-state index contributed by atoms with van der Waals surface area (Å²) >= 11 is 0. The molecule has 9 nitrogen and oxygen atoms in total. The fraction of sp³-hybridized carbons (Fsp3) is 0.538. The van der Waals surface area contributed by atoms with Crippen molar-refractivity contribution in [3.63, 3.8) is 0 Å². The van der Waals surface area contributed by atoms with Gasteiger partial charge >= 0.3 is 16.3 Å². The molecule has 198 valence electrons. The number of para-hydroxylation sites is 1. The number of ether oxygens (including phenoxy) is 2. The number of rotatable bonds is 12. The molecule has 1 saturated heterocycles. The highest BCUT2D eigenvalue weighted by Gasteiger charge is 2.25. The van der Waals surface area contributed by atoms with Crippen molar-refractivity contribution in [3.05, 3.63) is 52.7 Å². The van der Waals surface area contributed by atoms with Crippen LogP contribution in [0, 0.1) is 12.8 Å². The van der Waals surface area contributed by atoms with Gasteiger partial charge in [0.25, 0.3) is 0 Å². The molecule has 1 fully saturated rings. The number of carbonyl (C=O) groups excluding carboxylic acids is 1. The summed E-state index contributed by atoms with van der Waals surface area (Å²) < 4.78 is 44.1. The zero-order chi connectivity index (χ0) is 26.1. The summed E-state index contributed by atoms with van der Waals surface area (Å²) in [6, 6.07) is 6.77. The lowest BCUT2D eigenvalue weighted by molar-refractivity contribution is 0.0490. The summed E-state index contributed by atoms with van der Waals surface area (Å²) in [4.78, 5) is 17.2. The number of carbonyl (C=O) groups is 1. The van der Waals surface area contributed by atoms with Crippen LogP contribution >= 0.6 is 0 Å². The fourth-order valence-corrected chi connectivity index (χ4v) is 4.72. The van der Waals surface area contributed by atoms with Gasteiger partial charge in [-0.2, -0.15) is 8.42 Å². The molecular formula is C26H36N2O7S. The van der Waals surface area contributed by atoms with Crippen LogP contribution in [0.2, 0.25) is 0 Å². The largest absolute Gasteiger partial charge is 0.492 e. The van der Waals surface area contributed by atoms with Crippen LogP contribution in [0.5, 0.6) is 5.75 Å². The average molecular weight is 521 g/mol. The predicted octanol–water partition coefficient (Wildman–Crippen LogP) is 3.98. The van der Waals surface area contributed by atoms with Gasteiger partial charge in [0.05, 0.1) is 12.7 Å². The van der Waals surface area contributed by atoms with Gasteiger partial charge < -0.3 is 18.8 Å². The first-order valence-electron chi connectivity index (χ1n) is 12.4. The molecule has 0 spiro atoms. The number of aryl methyl sites for hydroxylation is 3. The number of aromatic nitrogens is 1. The summed E-state index contributed by atoms with van der Waals surface area (Å²) in [6.07, 6.45) is 5.00. The van der Waals surface area contributed by atoms with E-state index in [2.05, 4.69) is 9.71 Å². The minimum atomic E-state index is -4.53. The number of aliphatic hydroxyl groups is 1. The Hall–Kier alpha value is -2.69. The third-order valence-corrected chi connectivity index (χ3v) is 7.11. The average Bonchev–Trinajstić information content (AvgIpc) is 2.87. The molecule has 0 bridgehead atoms. The highest BCUT2D eigenvalue weighted by atomic mass is 32.2. The van der Waals surface area contributed by atoms with Crippen LogP contribution in [-0.4, -0.2) is 50.4 Å². The number of nitrogens with zero attached hydrogens (tertiary/aromatic N) is 1. The SMILES string of the molecule is CCc1cnc(NS(=O)(=O)OC(=O)c2cccc(C)c2OCC2CCOCC2)c(CCC(O)CC)c1. The van der Waals surface area contributed by atoms with Gasteiger partial charge in [0.2, 0.25) is 0 Å². The van der Waals surface area contributed by atoms with Crippen LogP contribution in [0.1, 0.15) is 66.6 Å². The first-order chi connectivity index (χ1) is 17.2. The molecule has 1 atom stereocenters. The molecule has 1 aromatic carbocycles. The van der Waals surface area contributed by atoms with Crippen LogP contribution in [0.25, 0.3) is 0 Å². The molecule has 2 heterocycles. The molecule has 2 N–H and O–H groups in total. The second-order valence-electron chi connectivity index (χ2n) is 9.05. The van der Waals surface area contributed by atoms with Crippen LogP contribution in [0.4, 0.5) is 5.82 Å². The highest BCUT2D eigenvalue weighted by molar-refractivity contribution is 7.88. The Kier molecular flexibility index (Phi) is 10.1. The molecule has 10 heteroatoms. The summed E-state index contributed by atoms with van der Waals surface area (Å²) in [5.41, 5.74) is 2.29. The highest BCUT2D eigenvalue weighted by Crippen LogP contribution is 2.27. The molecule has 0 radical (unpaired) electrons. The second-order valence-corrected chi connectivity index (χ2v) is 10.3. The normalized spacial score (nSPS) is 15.3. The minimum Gasteiger partial charge on any atom is -0.492 e. The Labute approximate surface area is 213 Å². The van der Waals surface area contributed by atoms with Crippen molar-refractivity contribution < 1.29 is 32.0 Å². The number of pyridine rings is 1. The molecule has 1 aliphatic rings. The zero-order valence-electron chi connectivity index (χ0n) is 21.2. The van der Waals surface area contributed by atoms with Gasteiger partial charge in [-0.05, 0) is 74.1 Å². The van der Waals surface area contributed by atoms with Crippen LogP contribution in [-0.2, 0) is 32.1 Å². The van der Waals surface area contributed by atoms with Crippen molar-refractivity contribution in [3.8, 4) is 5.75 Å². The Morgan fingerprint density at radius 3 is 2.72 bits per heavy atom. The number of hydrogen-bond acceptors (Lipinski definition) is 8. The van der Waals surface area contributed by atoms with Crippen LogP contribution in [0.3, 0.4) is 0 Å². The van der Waals surface area contributed by atoms with Gasteiger partial charge in [0.1, 0.15) is 17.1 Å². The first kappa shape index (κ1) is 27.9. The van der Waals surface area contributed by atoms with E-state index in [4.69, 9.17) is 13.7 Å². The van der Waals surface area contributed by atoms with Gasteiger partial charge in [-0.15, -0.1) is 0 Å². The predicted molar refractivity (Wildman–Crippen MR) is 136 cm³/mol. The molecule has 2 aromatic rings. The van der Waals surface area contributed by atoms with E-state index in [1.54, 1.807) is 25.3 Å². The fourth-order valence-electron chi connectivity index (χ4n) is 3.96. The van der Waals surface area contributed by atoms with E-state index in [0.29, 0.717) is 61.9 Å². The molecule has 36 heavy (non-hydrogen) atoms. The maximum absolute atomic E-state index is 12.9. The van der Waals surface area contributed by atoms with Crippen LogP contribution in [0.15, 0.2) is 30.5 Å². The number of aliphatic hydroxyl groups excluding tert-OH is 1. The van der Waals surface area contributed by atoms with Gasteiger partial charge in [-0.1, -0.05) is 32.0 Å². The van der Waals surface area contributed by atoms with E-state index >= 15 is 0 Å². The van der Waals surface area contributed by atoms with Crippen molar-refractivity contribution in [2.75, 3.05) is 24.5 Å². The molecule has 1 aliphatic heterocycles. The number of anilines is 1. The Morgan fingerprint density at radius 2 is 2.03 bits per heavy atom. The zero-order valence-corrected chi connectivity index (χ0v) is 22.0. The van der Waals surface area contributed by atoms with Crippen molar-refractivity contribution >= 4 is 22.1 Å². The van der Waals surface area contributed by atoms with E-state index in [0.717, 1.165) is 24.8 Å². The Balaban J connectivity index is 1.74. The molecular weight excluding hydrogens is 484 g/mol. The number of benzene rings is 1. The van der Waals surface area contributed by atoms with Crippen molar-refractivity contribution in [1.82, 2.24) is 4.98 Å². The molecule has 3 rings (SSSR count). The minimum absolute atomic E-state index is 0.0352. The van der Waals surface area contributed by atoms with E-state index in [1.807, 2.05) is 19.9 Å². The lowest BCUT2D eigenvalue weighted by Gasteiger charge is -2.23. The van der Waals surface area contributed by atoms with Crippen molar-refractivity contribution in [1.29, 1.82) is 0 Å². The van der Waals surface area contributed by atoms with Gasteiger partial charge in [0.15, 0.2) is 0 Å². The van der Waals surface area contributed by atoms with E-state index in [9.17, 15) is 18.3 Å². The molecule has 1 unspecified atom stereocenters. The third-order valence-electron chi connectivity index (χ3n) is 6.29. The lowest BCUT2D eigenvalue weighted by Crippen LogP contribution is -2.24. The van der Waals surface area contributed by atoms with Gasteiger partial charge in [0, 0.05) is 19.4 Å². The smallest absolute Gasteiger partial charge is 0.411 e. The number of hydrogen-bond donors (Lipinski definition) is 2. The lowest BCUT2D eigenvalue weighted by atomic mass is 10.0.